The number of aliphatic hydroxyl groups is 2. The molecule has 5 nitrogen and oxygen atoms in total. The third kappa shape index (κ3) is 2.45. The van der Waals surface area contributed by atoms with Crippen LogP contribution in [0, 0.1) is 0 Å². The zero-order chi connectivity index (χ0) is 10.7. The van der Waals surface area contributed by atoms with E-state index in [1.807, 2.05) is 0 Å². The lowest BCUT2D eigenvalue weighted by molar-refractivity contribution is 0.0323. The summed E-state index contributed by atoms with van der Waals surface area (Å²) in [5.74, 6) is -0.103. The van der Waals surface area contributed by atoms with Gasteiger partial charge in [-0.05, 0) is 0 Å². The van der Waals surface area contributed by atoms with Crippen molar-refractivity contribution < 1.29 is 10.2 Å². The minimum Gasteiger partial charge on any atom is -0.389 e. The van der Waals surface area contributed by atoms with Crippen LogP contribution in [0.2, 0.25) is 5.15 Å². The molecule has 2 atom stereocenters. The van der Waals surface area contributed by atoms with Crippen molar-refractivity contribution in [3.05, 3.63) is 16.9 Å². The van der Waals surface area contributed by atoms with Gasteiger partial charge in [0.15, 0.2) is 0 Å². The van der Waals surface area contributed by atoms with Crippen LogP contribution in [-0.4, -0.2) is 32.2 Å². The van der Waals surface area contributed by atoms with Gasteiger partial charge >= 0.3 is 0 Å². The van der Waals surface area contributed by atoms with E-state index < -0.39 is 12.2 Å². The fraction of sp³-hybridized carbons (Fsp3) is 0.429. The van der Waals surface area contributed by atoms with E-state index in [1.165, 1.54) is 6.20 Å². The van der Waals surface area contributed by atoms with Gasteiger partial charge in [0.25, 0.3) is 0 Å². The molecule has 0 saturated heterocycles. The summed E-state index contributed by atoms with van der Waals surface area (Å²) in [6.07, 6.45) is -1.06. The van der Waals surface area contributed by atoms with E-state index in [1.54, 1.807) is 0 Å². The van der Waals surface area contributed by atoms with Gasteiger partial charge in [-0.3, -0.25) is 0 Å². The van der Waals surface area contributed by atoms with Crippen LogP contribution in [0.25, 0.3) is 0 Å². The Hall–Kier alpha value is -0.620. The molecule has 0 bridgehead atoms. The fourth-order valence-electron chi connectivity index (χ4n) is 0.873. The molecule has 0 saturated carbocycles. The van der Waals surface area contributed by atoms with Crippen LogP contribution in [0.15, 0.2) is 6.20 Å². The zero-order valence-electron chi connectivity index (χ0n) is 7.06. The van der Waals surface area contributed by atoms with E-state index >= 15 is 0 Å². The lowest BCUT2D eigenvalue weighted by atomic mass is 10.1. The third-order valence-corrected chi connectivity index (χ3v) is 2.25. The van der Waals surface area contributed by atoms with Gasteiger partial charge in [0.1, 0.15) is 11.3 Å². The van der Waals surface area contributed by atoms with Crippen molar-refractivity contribution in [2.24, 2.45) is 0 Å². The molecule has 7 heteroatoms. The summed E-state index contributed by atoms with van der Waals surface area (Å²) in [5, 5.41) is 18.8. The molecule has 78 valence electrons. The van der Waals surface area contributed by atoms with Gasteiger partial charge in [0, 0.05) is 11.8 Å². The Balaban J connectivity index is 2.95. The number of nitrogen functional groups attached to an aromatic ring is 1. The molecule has 0 fully saturated rings. The number of hydrogen-bond acceptors (Lipinski definition) is 5. The molecule has 4 N–H and O–H groups in total. The van der Waals surface area contributed by atoms with Crippen LogP contribution in [-0.2, 0) is 0 Å². The highest BCUT2D eigenvalue weighted by molar-refractivity contribution is 6.30. The lowest BCUT2D eigenvalue weighted by Gasteiger charge is -2.15. The Bertz CT molecular complexity index is 324. The molecule has 0 radical (unpaired) electrons. The molecule has 0 amide bonds. The molecule has 1 rings (SSSR count). The molecule has 0 spiro atoms. The number of halogens is 2. The Morgan fingerprint density at radius 1 is 1.50 bits per heavy atom. The lowest BCUT2D eigenvalue weighted by Crippen LogP contribution is -2.20. The molecule has 1 heterocycles. The molecule has 1 aromatic heterocycles. The normalized spacial score (nSPS) is 15.1. The number of hydrogen-bond donors (Lipinski definition) is 3. The van der Waals surface area contributed by atoms with Crippen LogP contribution < -0.4 is 5.73 Å². The average Bonchev–Trinajstić information content (AvgIpc) is 2.15. The van der Waals surface area contributed by atoms with E-state index in [9.17, 15) is 10.2 Å². The van der Waals surface area contributed by atoms with Gasteiger partial charge in [-0.25, -0.2) is 9.97 Å². The summed E-state index contributed by atoms with van der Waals surface area (Å²) in [5.41, 5.74) is 5.46. The Kier molecular flexibility index (Phi) is 3.88. The zero-order valence-corrected chi connectivity index (χ0v) is 8.57. The molecule has 14 heavy (non-hydrogen) atoms. The van der Waals surface area contributed by atoms with E-state index in [4.69, 9.17) is 28.9 Å². The predicted molar refractivity (Wildman–Crippen MR) is 53.1 cm³/mol. The van der Waals surface area contributed by atoms with Gasteiger partial charge in [-0.1, -0.05) is 11.6 Å². The van der Waals surface area contributed by atoms with Gasteiger partial charge in [-0.15, -0.1) is 11.6 Å². The van der Waals surface area contributed by atoms with Gasteiger partial charge in [0.05, 0.1) is 12.0 Å². The second-order valence-corrected chi connectivity index (χ2v) is 3.31. The van der Waals surface area contributed by atoms with E-state index in [2.05, 4.69) is 9.97 Å². The standard InChI is InChI=1S/C7H9Cl2N3O2/c8-1-4(13)5(14)3-2-11-7(10)12-6(3)9/h2,4-5,13-14H,1H2,(H2,10,11,12). The number of anilines is 1. The summed E-state index contributed by atoms with van der Waals surface area (Å²) in [6, 6.07) is 0. The first-order valence-electron chi connectivity index (χ1n) is 3.76. The number of rotatable bonds is 3. The van der Waals surface area contributed by atoms with Crippen LogP contribution in [0.3, 0.4) is 0 Å². The maximum atomic E-state index is 9.52. The predicted octanol–water partition coefficient (Wildman–Crippen LogP) is 0.345. The Morgan fingerprint density at radius 3 is 2.64 bits per heavy atom. The van der Waals surface area contributed by atoms with Gasteiger partial charge in [0.2, 0.25) is 5.95 Å². The van der Waals surface area contributed by atoms with Crippen LogP contribution in [0.4, 0.5) is 5.95 Å². The SMILES string of the molecule is Nc1ncc(C(O)C(O)CCl)c(Cl)n1. The van der Waals surface area contributed by atoms with Crippen molar-refractivity contribution in [1.82, 2.24) is 9.97 Å². The summed E-state index contributed by atoms with van der Waals surface area (Å²) >= 11 is 11.0. The molecule has 2 unspecified atom stereocenters. The van der Waals surface area contributed by atoms with E-state index in [-0.39, 0.29) is 22.5 Å². The summed E-state index contributed by atoms with van der Waals surface area (Å²) in [6.45, 7) is 0. The number of nitrogens with two attached hydrogens (primary N) is 1. The maximum Gasteiger partial charge on any atom is 0.221 e. The van der Waals surface area contributed by atoms with Crippen LogP contribution in [0.1, 0.15) is 11.7 Å². The van der Waals surface area contributed by atoms with Crippen molar-refractivity contribution >= 4 is 29.2 Å². The average molecular weight is 238 g/mol. The number of aromatic nitrogens is 2. The first kappa shape index (κ1) is 11.5. The number of aliphatic hydroxyl groups excluding tert-OH is 2. The van der Waals surface area contributed by atoms with E-state index in [0.717, 1.165) is 0 Å². The van der Waals surface area contributed by atoms with Crippen molar-refractivity contribution in [3.63, 3.8) is 0 Å². The molecular weight excluding hydrogens is 229 g/mol. The van der Waals surface area contributed by atoms with Crippen LogP contribution in [0.5, 0.6) is 0 Å². The van der Waals surface area contributed by atoms with Crippen molar-refractivity contribution in [2.45, 2.75) is 12.2 Å². The van der Waals surface area contributed by atoms with Gasteiger partial charge < -0.3 is 15.9 Å². The molecule has 0 aromatic carbocycles. The smallest absolute Gasteiger partial charge is 0.221 e. The second-order valence-electron chi connectivity index (χ2n) is 2.64. The Morgan fingerprint density at radius 2 is 2.14 bits per heavy atom. The molecule has 1 aromatic rings. The molecule has 0 aliphatic rings. The first-order chi connectivity index (χ1) is 6.56. The second kappa shape index (κ2) is 4.75. The quantitative estimate of drug-likeness (QED) is 0.521. The first-order valence-corrected chi connectivity index (χ1v) is 4.67. The number of alkyl halides is 1. The highest BCUT2D eigenvalue weighted by Gasteiger charge is 2.21. The van der Waals surface area contributed by atoms with E-state index in [0.29, 0.717) is 0 Å². The molecule has 0 aliphatic heterocycles. The highest BCUT2D eigenvalue weighted by atomic mass is 35.5. The maximum absolute atomic E-state index is 9.52. The third-order valence-electron chi connectivity index (χ3n) is 1.63. The largest absolute Gasteiger partial charge is 0.389 e. The summed E-state index contributed by atoms with van der Waals surface area (Å²) < 4.78 is 0. The Labute approximate surface area is 90.5 Å². The van der Waals surface area contributed by atoms with Crippen molar-refractivity contribution in [3.8, 4) is 0 Å². The minimum absolute atomic E-state index is 0.00585. The number of nitrogens with zero attached hydrogens (tertiary/aromatic N) is 2. The summed E-state index contributed by atoms with van der Waals surface area (Å²) in [4.78, 5) is 7.27. The molecule has 0 aliphatic carbocycles. The van der Waals surface area contributed by atoms with Crippen LogP contribution >= 0.6 is 23.2 Å². The highest BCUT2D eigenvalue weighted by Crippen LogP contribution is 2.23. The van der Waals surface area contributed by atoms with Crippen molar-refractivity contribution in [1.29, 1.82) is 0 Å². The van der Waals surface area contributed by atoms with Crippen molar-refractivity contribution in [2.75, 3.05) is 11.6 Å². The molecular formula is C7H9Cl2N3O2. The summed E-state index contributed by atoms with van der Waals surface area (Å²) in [7, 11) is 0. The minimum atomic E-state index is -1.21. The topological polar surface area (TPSA) is 92.3 Å². The fourth-order valence-corrected chi connectivity index (χ4v) is 1.29. The van der Waals surface area contributed by atoms with Gasteiger partial charge in [-0.2, -0.15) is 0 Å². The monoisotopic (exact) mass is 237 g/mol.